The van der Waals surface area contributed by atoms with Gasteiger partial charge in [0.2, 0.25) is 0 Å². The van der Waals surface area contributed by atoms with Crippen LogP contribution in [0.1, 0.15) is 11.3 Å². The van der Waals surface area contributed by atoms with E-state index in [1.807, 2.05) is 59.7 Å². The van der Waals surface area contributed by atoms with Crippen molar-refractivity contribution >= 4 is 34.9 Å². The highest BCUT2D eigenvalue weighted by Crippen LogP contribution is 2.46. The van der Waals surface area contributed by atoms with Gasteiger partial charge in [0, 0.05) is 17.4 Å². The minimum absolute atomic E-state index is 0.573. The fourth-order valence-electron chi connectivity index (χ4n) is 3.14. The lowest BCUT2D eigenvalue weighted by Crippen LogP contribution is -2.22. The highest BCUT2D eigenvalue weighted by atomic mass is 35.5. The fraction of sp³-hybridized carbons (Fsp3) is 0.100. The van der Waals surface area contributed by atoms with Crippen molar-refractivity contribution in [2.45, 2.75) is 23.0 Å². The zero-order chi connectivity index (χ0) is 18.9. The lowest BCUT2D eigenvalue weighted by atomic mass is 10.2. The summed E-state index contributed by atoms with van der Waals surface area (Å²) in [7, 11) is 0. The summed E-state index contributed by atoms with van der Waals surface area (Å²) in [5.41, 5.74) is 3.02. The Hall–Kier alpha value is -2.90. The minimum Gasteiger partial charge on any atom is -0.317 e. The van der Waals surface area contributed by atoms with Crippen LogP contribution in [0.15, 0.2) is 77.0 Å². The molecule has 0 N–H and O–H groups in total. The van der Waals surface area contributed by atoms with Gasteiger partial charge < -0.3 is 4.90 Å². The van der Waals surface area contributed by atoms with E-state index in [0.717, 1.165) is 37.7 Å². The van der Waals surface area contributed by atoms with Crippen molar-refractivity contribution < 1.29 is 0 Å². The predicted octanol–water partition coefficient (Wildman–Crippen LogP) is 4.57. The maximum absolute atomic E-state index is 5.96. The minimum atomic E-state index is 0.573. The maximum atomic E-state index is 5.96. The number of nitrogens with zero attached hydrogens (tertiary/aromatic N) is 6. The third kappa shape index (κ3) is 3.34. The molecule has 1 aromatic carbocycles. The van der Waals surface area contributed by atoms with Crippen LogP contribution in [0.2, 0.25) is 5.02 Å². The van der Waals surface area contributed by atoms with Gasteiger partial charge in [-0.05, 0) is 42.0 Å². The molecule has 0 bridgehead atoms. The van der Waals surface area contributed by atoms with Gasteiger partial charge in [-0.25, -0.2) is 14.6 Å². The van der Waals surface area contributed by atoms with Crippen molar-refractivity contribution in [3.05, 3.63) is 83.4 Å². The maximum Gasteiger partial charge on any atom is 0.147 e. The van der Waals surface area contributed by atoms with Crippen LogP contribution in [0.5, 0.6) is 0 Å². The van der Waals surface area contributed by atoms with E-state index in [1.54, 1.807) is 11.8 Å². The van der Waals surface area contributed by atoms with Crippen LogP contribution in [-0.2, 0) is 13.1 Å². The largest absolute Gasteiger partial charge is 0.317 e. The van der Waals surface area contributed by atoms with Crippen molar-refractivity contribution in [2.24, 2.45) is 0 Å². The molecule has 0 aliphatic carbocycles. The first-order chi connectivity index (χ1) is 13.8. The summed E-state index contributed by atoms with van der Waals surface area (Å²) in [4.78, 5) is 12.3. The second-order valence-corrected chi connectivity index (χ2v) is 7.84. The van der Waals surface area contributed by atoms with Crippen LogP contribution in [0, 0.1) is 0 Å². The van der Waals surface area contributed by atoms with Crippen LogP contribution >= 0.6 is 23.4 Å². The van der Waals surface area contributed by atoms with Crippen LogP contribution in [-0.4, -0.2) is 25.0 Å². The lowest BCUT2D eigenvalue weighted by Gasteiger charge is -2.29. The Bertz CT molecular complexity index is 1080. The van der Waals surface area contributed by atoms with Crippen LogP contribution in [0.25, 0.3) is 0 Å². The Labute approximate surface area is 171 Å². The van der Waals surface area contributed by atoms with Crippen molar-refractivity contribution in [1.29, 1.82) is 0 Å². The first-order valence-electron chi connectivity index (χ1n) is 8.75. The normalized spacial score (nSPS) is 12.5. The average molecular weight is 407 g/mol. The number of benzene rings is 1. The SMILES string of the molecule is Clc1ccc(Cn2cc(CN3c4cccnc4Sc4cccnc43)nn2)cc1. The van der Waals surface area contributed by atoms with Gasteiger partial charge in [0.05, 0.1) is 29.9 Å². The molecular weight excluding hydrogens is 392 g/mol. The summed E-state index contributed by atoms with van der Waals surface area (Å²) in [5.74, 6) is 0.917. The first-order valence-corrected chi connectivity index (χ1v) is 9.94. The van der Waals surface area contributed by atoms with Gasteiger partial charge in [-0.1, -0.05) is 40.7 Å². The molecule has 1 aliphatic rings. The van der Waals surface area contributed by atoms with Crippen molar-refractivity contribution in [3.8, 4) is 0 Å². The number of halogens is 1. The summed E-state index contributed by atoms with van der Waals surface area (Å²) >= 11 is 7.59. The molecule has 4 heterocycles. The number of hydrogen-bond donors (Lipinski definition) is 0. The van der Waals surface area contributed by atoms with Crippen LogP contribution < -0.4 is 4.90 Å². The summed E-state index contributed by atoms with van der Waals surface area (Å²) in [6.45, 7) is 1.22. The number of hydrogen-bond acceptors (Lipinski definition) is 6. The van der Waals surface area contributed by atoms with E-state index in [9.17, 15) is 0 Å². The third-order valence-corrected chi connectivity index (χ3v) is 5.72. The monoisotopic (exact) mass is 406 g/mol. The van der Waals surface area contributed by atoms with E-state index in [1.165, 1.54) is 0 Å². The summed E-state index contributed by atoms with van der Waals surface area (Å²) < 4.78 is 1.83. The van der Waals surface area contributed by atoms with Crippen LogP contribution in [0.4, 0.5) is 11.5 Å². The van der Waals surface area contributed by atoms with E-state index in [0.29, 0.717) is 13.1 Å². The predicted molar refractivity (Wildman–Crippen MR) is 109 cm³/mol. The molecule has 0 atom stereocenters. The van der Waals surface area contributed by atoms with E-state index in [4.69, 9.17) is 11.6 Å². The van der Waals surface area contributed by atoms with Gasteiger partial charge in [-0.3, -0.25) is 0 Å². The van der Waals surface area contributed by atoms with Gasteiger partial charge in [-0.15, -0.1) is 5.10 Å². The van der Waals surface area contributed by atoms with Crippen molar-refractivity contribution in [2.75, 3.05) is 4.90 Å². The summed E-state index contributed by atoms with van der Waals surface area (Å²) in [5, 5.41) is 10.3. The van der Waals surface area contributed by atoms with Crippen molar-refractivity contribution in [3.63, 3.8) is 0 Å². The third-order valence-electron chi connectivity index (χ3n) is 4.42. The van der Waals surface area contributed by atoms with Gasteiger partial charge >= 0.3 is 0 Å². The van der Waals surface area contributed by atoms with E-state index in [2.05, 4.69) is 37.3 Å². The second kappa shape index (κ2) is 7.26. The van der Waals surface area contributed by atoms with Gasteiger partial charge in [0.15, 0.2) is 0 Å². The summed E-state index contributed by atoms with van der Waals surface area (Å²) in [6.07, 6.45) is 5.59. The molecule has 0 saturated carbocycles. The molecule has 4 aromatic rings. The highest BCUT2D eigenvalue weighted by Gasteiger charge is 2.26. The molecule has 3 aromatic heterocycles. The molecular formula is C20H15ClN6S. The number of fused-ring (bicyclic) bond motifs is 2. The van der Waals surface area contributed by atoms with Crippen molar-refractivity contribution in [1.82, 2.24) is 25.0 Å². The molecule has 28 heavy (non-hydrogen) atoms. The Balaban J connectivity index is 1.42. The fourth-order valence-corrected chi connectivity index (χ4v) is 4.27. The molecule has 0 spiro atoms. The second-order valence-electron chi connectivity index (χ2n) is 6.37. The smallest absolute Gasteiger partial charge is 0.147 e. The molecule has 0 radical (unpaired) electrons. The van der Waals surface area contributed by atoms with E-state index >= 15 is 0 Å². The van der Waals surface area contributed by atoms with Gasteiger partial charge in [0.1, 0.15) is 16.5 Å². The molecule has 0 unspecified atom stereocenters. The molecule has 8 heteroatoms. The van der Waals surface area contributed by atoms with Crippen LogP contribution in [0.3, 0.4) is 0 Å². The average Bonchev–Trinajstić information content (AvgIpc) is 3.16. The highest BCUT2D eigenvalue weighted by molar-refractivity contribution is 7.99. The standard InChI is InChI=1S/C20H15ClN6S/c21-15-7-5-14(6-8-15)11-26-12-16(24-25-26)13-27-17-3-1-10-23-20(17)28-18-4-2-9-22-19(18)27/h1-10,12H,11,13H2. The molecule has 0 fully saturated rings. The molecule has 5 rings (SSSR count). The first kappa shape index (κ1) is 17.2. The zero-order valence-electron chi connectivity index (χ0n) is 14.7. The molecule has 0 saturated heterocycles. The van der Waals surface area contributed by atoms with E-state index in [-0.39, 0.29) is 0 Å². The Kier molecular flexibility index (Phi) is 4.46. The summed E-state index contributed by atoms with van der Waals surface area (Å²) in [6, 6.07) is 15.8. The Morgan fingerprint density at radius 2 is 1.75 bits per heavy atom. The number of rotatable bonds is 4. The number of pyridine rings is 2. The Morgan fingerprint density at radius 3 is 2.64 bits per heavy atom. The van der Waals surface area contributed by atoms with Gasteiger partial charge in [0.25, 0.3) is 0 Å². The molecule has 1 aliphatic heterocycles. The number of aromatic nitrogens is 5. The lowest BCUT2D eigenvalue weighted by molar-refractivity contribution is 0.649. The van der Waals surface area contributed by atoms with E-state index < -0.39 is 0 Å². The topological polar surface area (TPSA) is 59.7 Å². The van der Waals surface area contributed by atoms with Gasteiger partial charge in [-0.2, -0.15) is 0 Å². The molecule has 0 amide bonds. The quantitative estimate of drug-likeness (QED) is 0.494. The molecule has 138 valence electrons. The molecule has 6 nitrogen and oxygen atoms in total. The zero-order valence-corrected chi connectivity index (χ0v) is 16.3. The number of anilines is 2. The Morgan fingerprint density at radius 1 is 0.929 bits per heavy atom.